The van der Waals surface area contributed by atoms with Crippen LogP contribution in [0.1, 0.15) is 42.5 Å². The zero-order valence-corrected chi connectivity index (χ0v) is 13.8. The van der Waals surface area contributed by atoms with Crippen LogP contribution in [0.4, 0.5) is 5.69 Å². The molecule has 0 bridgehead atoms. The highest BCUT2D eigenvalue weighted by Gasteiger charge is 2.27. The van der Waals surface area contributed by atoms with Gasteiger partial charge < -0.3 is 10.6 Å². The Morgan fingerprint density at radius 3 is 2.83 bits per heavy atom. The van der Waals surface area contributed by atoms with E-state index in [1.165, 1.54) is 11.1 Å². The largest absolute Gasteiger partial charge is 0.330 e. The van der Waals surface area contributed by atoms with E-state index in [2.05, 4.69) is 41.0 Å². The van der Waals surface area contributed by atoms with Gasteiger partial charge in [0.1, 0.15) is 12.1 Å². The van der Waals surface area contributed by atoms with Crippen LogP contribution in [0.15, 0.2) is 48.5 Å². The van der Waals surface area contributed by atoms with Gasteiger partial charge in [-0.15, -0.1) is 0 Å². The van der Waals surface area contributed by atoms with E-state index in [0.29, 0.717) is 17.3 Å². The molecule has 3 N–H and O–H groups in total. The Labute approximate surface area is 142 Å². The monoisotopic (exact) mass is 320 g/mol. The molecular formula is C20H22N3O+. The number of nitrogens with one attached hydrogen (secondary N) is 1. The molecule has 0 saturated heterocycles. The van der Waals surface area contributed by atoms with Gasteiger partial charge in [0.05, 0.1) is 11.3 Å². The van der Waals surface area contributed by atoms with Gasteiger partial charge in [-0.05, 0) is 37.5 Å². The standard InChI is InChI=1S/C20H21N3O/c1-14(20(24)23-18-11-5-3-8-16(18)13-21)22-19-12-6-9-15-7-2-4-10-17(15)19/h2-5,7-8,10-11,14,19,22H,6,9,12H2,1H3,(H,23,24)/p+1/t14-,19+/m1/s1. The Bertz CT molecular complexity index is 778. The number of aryl methyl sites for hydroxylation is 1. The minimum absolute atomic E-state index is 0.0687. The van der Waals surface area contributed by atoms with Crippen molar-refractivity contribution in [1.29, 1.82) is 5.26 Å². The molecule has 24 heavy (non-hydrogen) atoms. The van der Waals surface area contributed by atoms with E-state index in [9.17, 15) is 4.79 Å². The minimum atomic E-state index is -0.215. The van der Waals surface area contributed by atoms with Gasteiger partial charge in [0.2, 0.25) is 0 Å². The number of nitrogens with two attached hydrogens (primary N) is 1. The van der Waals surface area contributed by atoms with Crippen LogP contribution in [0, 0.1) is 11.3 Å². The van der Waals surface area contributed by atoms with Crippen molar-refractivity contribution in [3.8, 4) is 6.07 Å². The average molecular weight is 320 g/mol. The first-order valence-corrected chi connectivity index (χ1v) is 8.42. The Morgan fingerprint density at radius 1 is 1.25 bits per heavy atom. The highest BCUT2D eigenvalue weighted by molar-refractivity contribution is 5.94. The van der Waals surface area contributed by atoms with Crippen molar-refractivity contribution >= 4 is 11.6 Å². The van der Waals surface area contributed by atoms with E-state index in [1.54, 1.807) is 18.2 Å². The number of quaternary nitrogens is 1. The number of anilines is 1. The molecule has 4 nitrogen and oxygen atoms in total. The summed E-state index contributed by atoms with van der Waals surface area (Å²) in [7, 11) is 0. The topological polar surface area (TPSA) is 69.5 Å². The summed E-state index contributed by atoms with van der Waals surface area (Å²) >= 11 is 0. The maximum absolute atomic E-state index is 12.5. The fraction of sp³-hybridized carbons (Fsp3) is 0.300. The molecular weight excluding hydrogens is 298 g/mol. The number of nitrogens with zero attached hydrogens (tertiary/aromatic N) is 1. The molecule has 4 heteroatoms. The fourth-order valence-corrected chi connectivity index (χ4v) is 3.36. The predicted octanol–water partition coefficient (Wildman–Crippen LogP) is 2.53. The quantitative estimate of drug-likeness (QED) is 0.909. The van der Waals surface area contributed by atoms with E-state index in [-0.39, 0.29) is 11.9 Å². The molecule has 2 atom stereocenters. The van der Waals surface area contributed by atoms with Gasteiger partial charge in [-0.25, -0.2) is 0 Å². The van der Waals surface area contributed by atoms with Crippen LogP contribution in [0.5, 0.6) is 0 Å². The van der Waals surface area contributed by atoms with Crippen molar-refractivity contribution in [3.63, 3.8) is 0 Å². The average Bonchev–Trinajstić information content (AvgIpc) is 2.62. The first-order valence-electron chi connectivity index (χ1n) is 8.42. The van der Waals surface area contributed by atoms with Crippen molar-refractivity contribution in [2.24, 2.45) is 0 Å². The number of hydrogen-bond acceptors (Lipinski definition) is 2. The van der Waals surface area contributed by atoms with Gasteiger partial charge in [-0.3, -0.25) is 4.79 Å². The third kappa shape index (κ3) is 3.47. The van der Waals surface area contributed by atoms with Gasteiger partial charge in [-0.1, -0.05) is 36.4 Å². The zero-order chi connectivity index (χ0) is 16.9. The van der Waals surface area contributed by atoms with Crippen molar-refractivity contribution in [2.45, 2.75) is 38.3 Å². The second-order valence-electron chi connectivity index (χ2n) is 6.33. The van der Waals surface area contributed by atoms with E-state index in [4.69, 9.17) is 5.26 Å². The molecule has 122 valence electrons. The number of nitriles is 1. The fourth-order valence-electron chi connectivity index (χ4n) is 3.36. The molecule has 3 rings (SSSR count). The summed E-state index contributed by atoms with van der Waals surface area (Å²) in [5.74, 6) is -0.0687. The lowest BCUT2D eigenvalue weighted by molar-refractivity contribution is -0.714. The van der Waals surface area contributed by atoms with Crippen LogP contribution in [0.25, 0.3) is 0 Å². The van der Waals surface area contributed by atoms with E-state index < -0.39 is 0 Å². The normalized spacial score (nSPS) is 17.4. The number of amides is 1. The van der Waals surface area contributed by atoms with Gasteiger partial charge in [0, 0.05) is 12.0 Å². The Hall–Kier alpha value is -2.64. The van der Waals surface area contributed by atoms with Crippen LogP contribution in [-0.2, 0) is 11.2 Å². The summed E-state index contributed by atoms with van der Waals surface area (Å²) in [4.78, 5) is 12.5. The molecule has 2 aromatic carbocycles. The predicted molar refractivity (Wildman–Crippen MR) is 93.3 cm³/mol. The number of hydrogen-bond donors (Lipinski definition) is 2. The summed E-state index contributed by atoms with van der Waals surface area (Å²) in [6.07, 6.45) is 3.36. The summed E-state index contributed by atoms with van der Waals surface area (Å²) in [5.41, 5.74) is 3.81. The van der Waals surface area contributed by atoms with Crippen molar-refractivity contribution in [3.05, 3.63) is 65.2 Å². The molecule has 0 fully saturated rings. The molecule has 0 unspecified atom stereocenters. The number of carbonyl (C=O) groups excluding carboxylic acids is 1. The molecule has 1 amide bonds. The third-order valence-corrected chi connectivity index (χ3v) is 4.66. The molecule has 2 aromatic rings. The lowest BCUT2D eigenvalue weighted by Gasteiger charge is -2.26. The lowest BCUT2D eigenvalue weighted by Crippen LogP contribution is -2.92. The number of carbonyl (C=O) groups is 1. The van der Waals surface area contributed by atoms with Crippen LogP contribution in [0.3, 0.4) is 0 Å². The van der Waals surface area contributed by atoms with E-state index in [1.807, 2.05) is 13.0 Å². The van der Waals surface area contributed by atoms with Crippen LogP contribution in [-0.4, -0.2) is 11.9 Å². The van der Waals surface area contributed by atoms with E-state index >= 15 is 0 Å². The summed E-state index contributed by atoms with van der Waals surface area (Å²) in [6, 6.07) is 17.8. The van der Waals surface area contributed by atoms with Crippen LogP contribution in [0.2, 0.25) is 0 Å². The smallest absolute Gasteiger partial charge is 0.282 e. The van der Waals surface area contributed by atoms with Gasteiger partial charge in [0.15, 0.2) is 6.04 Å². The third-order valence-electron chi connectivity index (χ3n) is 4.66. The van der Waals surface area contributed by atoms with Crippen molar-refractivity contribution in [1.82, 2.24) is 0 Å². The molecule has 0 aliphatic heterocycles. The van der Waals surface area contributed by atoms with Gasteiger partial charge in [-0.2, -0.15) is 5.26 Å². The first-order chi connectivity index (χ1) is 11.7. The highest BCUT2D eigenvalue weighted by Crippen LogP contribution is 2.26. The molecule has 0 spiro atoms. The first kappa shape index (κ1) is 16.2. The zero-order valence-electron chi connectivity index (χ0n) is 13.8. The van der Waals surface area contributed by atoms with Gasteiger partial charge >= 0.3 is 0 Å². The highest BCUT2D eigenvalue weighted by atomic mass is 16.2. The van der Waals surface area contributed by atoms with Crippen LogP contribution >= 0.6 is 0 Å². The molecule has 0 saturated carbocycles. The summed E-state index contributed by atoms with van der Waals surface area (Å²) in [6.45, 7) is 1.92. The van der Waals surface area contributed by atoms with Gasteiger partial charge in [0.25, 0.3) is 5.91 Å². The number of fused-ring (bicyclic) bond motifs is 1. The molecule has 1 aliphatic carbocycles. The second-order valence-corrected chi connectivity index (χ2v) is 6.33. The Morgan fingerprint density at radius 2 is 2.00 bits per heavy atom. The number of benzene rings is 2. The molecule has 0 radical (unpaired) electrons. The molecule has 0 aromatic heterocycles. The maximum atomic E-state index is 12.5. The van der Waals surface area contributed by atoms with Crippen molar-refractivity contribution in [2.75, 3.05) is 5.32 Å². The van der Waals surface area contributed by atoms with E-state index in [0.717, 1.165) is 19.3 Å². The minimum Gasteiger partial charge on any atom is -0.330 e. The Balaban J connectivity index is 1.68. The summed E-state index contributed by atoms with van der Waals surface area (Å²) < 4.78 is 0. The molecule has 0 heterocycles. The second kappa shape index (κ2) is 7.29. The summed E-state index contributed by atoms with van der Waals surface area (Å²) in [5, 5.41) is 14.2. The maximum Gasteiger partial charge on any atom is 0.282 e. The SMILES string of the molecule is C[C@@H]([NH2+][C@H]1CCCc2ccccc21)C(=O)Nc1ccccc1C#N. The lowest BCUT2D eigenvalue weighted by atomic mass is 9.87. The Kier molecular flexibility index (Phi) is 4.93. The van der Waals surface area contributed by atoms with Crippen LogP contribution < -0.4 is 10.6 Å². The van der Waals surface area contributed by atoms with Crippen molar-refractivity contribution < 1.29 is 10.1 Å². The number of rotatable bonds is 4. The molecule has 1 aliphatic rings. The number of para-hydroxylation sites is 1.